The molecule has 1 heterocycles. The normalized spacial score (nSPS) is 11.2. The SMILES string of the molecule is CCN(CCN(C)C)C(=O)CNCc1cc(C(=O)Oc2ccc(OC(C)C)cc2OC(C)C)ccn1. The van der Waals surface area contributed by atoms with Gasteiger partial charge in [0.05, 0.1) is 30.0 Å². The lowest BCUT2D eigenvalue weighted by Gasteiger charge is -2.23. The van der Waals surface area contributed by atoms with E-state index in [0.717, 1.165) is 6.54 Å². The Labute approximate surface area is 214 Å². The lowest BCUT2D eigenvalue weighted by atomic mass is 10.2. The smallest absolute Gasteiger partial charge is 0.343 e. The number of likely N-dealkylation sites (N-methyl/N-ethyl adjacent to an activating group) is 2. The summed E-state index contributed by atoms with van der Waals surface area (Å²) in [5.41, 5.74) is 0.986. The second kappa shape index (κ2) is 14.4. The number of carbonyl (C=O) groups excluding carboxylic acids is 2. The molecule has 0 radical (unpaired) electrons. The summed E-state index contributed by atoms with van der Waals surface area (Å²) in [6, 6.07) is 8.38. The van der Waals surface area contributed by atoms with Crippen LogP contribution in [0.25, 0.3) is 0 Å². The Morgan fingerprint density at radius 2 is 1.69 bits per heavy atom. The number of hydrogen-bond acceptors (Lipinski definition) is 8. The fraction of sp³-hybridized carbons (Fsp3) is 0.519. The highest BCUT2D eigenvalue weighted by Crippen LogP contribution is 2.33. The molecule has 36 heavy (non-hydrogen) atoms. The van der Waals surface area contributed by atoms with Crippen LogP contribution in [0.1, 0.15) is 50.7 Å². The Morgan fingerprint density at radius 3 is 2.33 bits per heavy atom. The molecule has 0 aliphatic carbocycles. The third kappa shape index (κ3) is 9.83. The number of amides is 1. The van der Waals surface area contributed by atoms with Crippen LogP contribution in [-0.4, -0.2) is 79.1 Å². The number of rotatable bonds is 14. The second-order valence-corrected chi connectivity index (χ2v) is 9.25. The maximum atomic E-state index is 12.9. The van der Waals surface area contributed by atoms with E-state index in [1.165, 1.54) is 0 Å². The first-order valence-electron chi connectivity index (χ1n) is 12.4. The van der Waals surface area contributed by atoms with Crippen LogP contribution in [0.2, 0.25) is 0 Å². The van der Waals surface area contributed by atoms with Crippen molar-refractivity contribution in [2.75, 3.05) is 40.3 Å². The summed E-state index contributed by atoms with van der Waals surface area (Å²) in [5.74, 6) is 0.875. The number of carbonyl (C=O) groups is 2. The minimum atomic E-state index is -0.526. The van der Waals surface area contributed by atoms with Gasteiger partial charge in [-0.05, 0) is 73.0 Å². The van der Waals surface area contributed by atoms with E-state index in [4.69, 9.17) is 14.2 Å². The molecule has 0 aliphatic rings. The molecule has 1 N–H and O–H groups in total. The maximum absolute atomic E-state index is 12.9. The van der Waals surface area contributed by atoms with Gasteiger partial charge in [0.1, 0.15) is 5.75 Å². The zero-order valence-corrected chi connectivity index (χ0v) is 22.5. The number of aromatic nitrogens is 1. The van der Waals surface area contributed by atoms with Crippen molar-refractivity contribution < 1.29 is 23.8 Å². The van der Waals surface area contributed by atoms with Crippen LogP contribution < -0.4 is 19.5 Å². The molecule has 2 rings (SSSR count). The molecule has 0 atom stereocenters. The highest BCUT2D eigenvalue weighted by Gasteiger charge is 2.16. The number of ether oxygens (including phenoxy) is 3. The Morgan fingerprint density at radius 1 is 0.972 bits per heavy atom. The highest BCUT2D eigenvalue weighted by atomic mass is 16.6. The van der Waals surface area contributed by atoms with E-state index in [1.54, 1.807) is 36.5 Å². The van der Waals surface area contributed by atoms with Gasteiger partial charge in [-0.3, -0.25) is 9.78 Å². The number of hydrogen-bond donors (Lipinski definition) is 1. The predicted octanol–water partition coefficient (Wildman–Crippen LogP) is 3.37. The van der Waals surface area contributed by atoms with Crippen molar-refractivity contribution in [1.29, 1.82) is 0 Å². The molecule has 198 valence electrons. The van der Waals surface area contributed by atoms with E-state index in [-0.39, 0.29) is 24.7 Å². The van der Waals surface area contributed by atoms with Crippen molar-refractivity contribution in [3.8, 4) is 17.2 Å². The Balaban J connectivity index is 2.02. The van der Waals surface area contributed by atoms with Gasteiger partial charge in [-0.2, -0.15) is 0 Å². The third-order valence-electron chi connectivity index (χ3n) is 5.04. The summed E-state index contributed by atoms with van der Waals surface area (Å²) >= 11 is 0. The van der Waals surface area contributed by atoms with Crippen LogP contribution >= 0.6 is 0 Å². The fourth-order valence-corrected chi connectivity index (χ4v) is 3.31. The van der Waals surface area contributed by atoms with Crippen LogP contribution in [0.5, 0.6) is 17.2 Å². The molecule has 0 spiro atoms. The van der Waals surface area contributed by atoms with Crippen LogP contribution in [0, 0.1) is 0 Å². The van der Waals surface area contributed by atoms with Gasteiger partial charge in [0.25, 0.3) is 0 Å². The van der Waals surface area contributed by atoms with Crippen molar-refractivity contribution in [3.63, 3.8) is 0 Å². The fourth-order valence-electron chi connectivity index (χ4n) is 3.31. The molecule has 1 aromatic heterocycles. The largest absolute Gasteiger partial charge is 0.491 e. The van der Waals surface area contributed by atoms with Crippen molar-refractivity contribution in [2.24, 2.45) is 0 Å². The highest BCUT2D eigenvalue weighted by molar-refractivity contribution is 5.91. The van der Waals surface area contributed by atoms with Gasteiger partial charge in [-0.25, -0.2) is 4.79 Å². The van der Waals surface area contributed by atoms with Crippen LogP contribution in [0.3, 0.4) is 0 Å². The van der Waals surface area contributed by atoms with Crippen molar-refractivity contribution in [3.05, 3.63) is 47.8 Å². The van der Waals surface area contributed by atoms with Gasteiger partial charge < -0.3 is 29.3 Å². The number of pyridine rings is 1. The summed E-state index contributed by atoms with van der Waals surface area (Å²) in [7, 11) is 3.96. The van der Waals surface area contributed by atoms with Crippen LogP contribution in [0.15, 0.2) is 36.5 Å². The Hall–Kier alpha value is -3.17. The monoisotopic (exact) mass is 500 g/mol. The van der Waals surface area contributed by atoms with Gasteiger partial charge in [0, 0.05) is 38.4 Å². The first-order valence-corrected chi connectivity index (χ1v) is 12.4. The van der Waals surface area contributed by atoms with Crippen molar-refractivity contribution >= 4 is 11.9 Å². The maximum Gasteiger partial charge on any atom is 0.343 e. The zero-order chi connectivity index (χ0) is 26.7. The minimum absolute atomic E-state index is 0.00698. The Kier molecular flexibility index (Phi) is 11.6. The van der Waals surface area contributed by atoms with Crippen LogP contribution in [-0.2, 0) is 11.3 Å². The topological polar surface area (TPSA) is 93.2 Å². The van der Waals surface area contributed by atoms with Gasteiger partial charge in [0.15, 0.2) is 11.5 Å². The van der Waals surface area contributed by atoms with E-state index in [0.29, 0.717) is 48.1 Å². The van der Waals surface area contributed by atoms with E-state index in [2.05, 4.69) is 10.3 Å². The molecule has 9 heteroatoms. The average molecular weight is 501 g/mol. The number of esters is 1. The van der Waals surface area contributed by atoms with Crippen molar-refractivity contribution in [1.82, 2.24) is 20.1 Å². The number of nitrogens with zero attached hydrogens (tertiary/aromatic N) is 3. The lowest BCUT2D eigenvalue weighted by Crippen LogP contribution is -2.41. The van der Waals surface area contributed by atoms with Gasteiger partial charge in [0.2, 0.25) is 5.91 Å². The molecule has 0 fully saturated rings. The molecular formula is C27H40N4O5. The summed E-state index contributed by atoms with van der Waals surface area (Å²) in [4.78, 5) is 33.5. The molecule has 2 aromatic rings. The van der Waals surface area contributed by atoms with Crippen LogP contribution in [0.4, 0.5) is 0 Å². The summed E-state index contributed by atoms with van der Waals surface area (Å²) in [5, 5.41) is 3.12. The minimum Gasteiger partial charge on any atom is -0.491 e. The van der Waals surface area contributed by atoms with Gasteiger partial charge >= 0.3 is 5.97 Å². The van der Waals surface area contributed by atoms with E-state index >= 15 is 0 Å². The Bertz CT molecular complexity index is 994. The van der Waals surface area contributed by atoms with Gasteiger partial charge in [-0.1, -0.05) is 0 Å². The first kappa shape index (κ1) is 29.1. The quantitative estimate of drug-likeness (QED) is 0.312. The lowest BCUT2D eigenvalue weighted by molar-refractivity contribution is -0.130. The zero-order valence-electron chi connectivity index (χ0n) is 22.5. The first-order chi connectivity index (χ1) is 17.1. The molecule has 0 saturated heterocycles. The predicted molar refractivity (Wildman–Crippen MR) is 140 cm³/mol. The van der Waals surface area contributed by atoms with E-state index in [1.807, 2.05) is 58.5 Å². The molecule has 0 unspecified atom stereocenters. The molecule has 0 aliphatic heterocycles. The van der Waals surface area contributed by atoms with Gasteiger partial charge in [-0.15, -0.1) is 0 Å². The molecule has 1 amide bonds. The summed E-state index contributed by atoms with van der Waals surface area (Å²) in [6.07, 6.45) is 1.45. The average Bonchev–Trinajstić information content (AvgIpc) is 2.80. The van der Waals surface area contributed by atoms with E-state index in [9.17, 15) is 9.59 Å². The molecule has 0 saturated carbocycles. The molecule has 0 bridgehead atoms. The third-order valence-corrected chi connectivity index (χ3v) is 5.04. The number of benzene rings is 1. The summed E-state index contributed by atoms with van der Waals surface area (Å²) < 4.78 is 17.2. The second-order valence-electron chi connectivity index (χ2n) is 9.25. The molecule has 9 nitrogen and oxygen atoms in total. The molecule has 1 aromatic carbocycles. The standard InChI is InChI=1S/C27H40N4O5/c1-8-31(14-13-30(6)7)26(32)18-28-17-22-15-21(11-12-29-22)27(33)36-24-10-9-23(34-19(2)3)16-25(24)35-20(4)5/h9-12,15-16,19-20,28H,8,13-14,17-18H2,1-7H3. The summed E-state index contributed by atoms with van der Waals surface area (Å²) in [6.45, 7) is 12.3. The van der Waals surface area contributed by atoms with Crippen molar-refractivity contribution in [2.45, 2.75) is 53.4 Å². The molecular weight excluding hydrogens is 460 g/mol. The number of nitrogens with one attached hydrogen (secondary N) is 1. The van der Waals surface area contributed by atoms with E-state index < -0.39 is 5.97 Å².